The zero-order valence-electron chi connectivity index (χ0n) is 13.4. The number of aryl methyl sites for hydroxylation is 1. The molecule has 0 saturated carbocycles. The molecule has 1 aliphatic heterocycles. The largest absolute Gasteiger partial charge is 0.469 e. The molecule has 22 heavy (non-hydrogen) atoms. The zero-order chi connectivity index (χ0) is 15.8. The van der Waals surface area contributed by atoms with Crippen LogP contribution in [0.2, 0.25) is 0 Å². The van der Waals surface area contributed by atoms with Crippen LogP contribution in [-0.2, 0) is 27.4 Å². The molecule has 8 nitrogen and oxygen atoms in total. The number of aromatic nitrogens is 4. The number of carbonyl (C=O) groups excluding carboxylic acids is 1. The molecule has 1 aliphatic rings. The Labute approximate surface area is 130 Å². The van der Waals surface area contributed by atoms with E-state index in [9.17, 15) is 4.79 Å². The Hall–Kier alpha value is -1.54. The second-order valence-electron chi connectivity index (χ2n) is 5.51. The predicted molar refractivity (Wildman–Crippen MR) is 79.0 cm³/mol. The number of hydrogen-bond acceptors (Lipinski definition) is 7. The fraction of sp³-hybridized carbons (Fsp3) is 0.857. The molecule has 0 N–H and O–H groups in total. The third-order valence-corrected chi connectivity index (χ3v) is 3.75. The van der Waals surface area contributed by atoms with E-state index in [2.05, 4.69) is 27.3 Å². The van der Waals surface area contributed by atoms with Crippen molar-refractivity contribution in [3.05, 3.63) is 5.82 Å². The van der Waals surface area contributed by atoms with E-state index in [0.29, 0.717) is 19.5 Å². The number of carbonyl (C=O) groups is 1. The zero-order valence-corrected chi connectivity index (χ0v) is 13.4. The summed E-state index contributed by atoms with van der Waals surface area (Å²) in [6.45, 7) is 5.73. The molecule has 0 aliphatic carbocycles. The third kappa shape index (κ3) is 5.03. The minimum atomic E-state index is -0.203. The number of methoxy groups -OCH3 is 1. The lowest BCUT2D eigenvalue weighted by Gasteiger charge is -2.24. The van der Waals surface area contributed by atoms with Gasteiger partial charge in [0.25, 0.3) is 0 Å². The van der Waals surface area contributed by atoms with Crippen molar-refractivity contribution >= 4 is 5.97 Å². The monoisotopic (exact) mass is 311 g/mol. The van der Waals surface area contributed by atoms with Crippen molar-refractivity contribution in [1.82, 2.24) is 25.1 Å². The summed E-state index contributed by atoms with van der Waals surface area (Å²) in [7, 11) is 1.41. The fourth-order valence-corrected chi connectivity index (χ4v) is 2.58. The average Bonchev–Trinajstić information content (AvgIpc) is 3.17. The van der Waals surface area contributed by atoms with Gasteiger partial charge in [0.15, 0.2) is 5.82 Å². The first-order valence-corrected chi connectivity index (χ1v) is 7.88. The summed E-state index contributed by atoms with van der Waals surface area (Å²) in [5.41, 5.74) is 0. The van der Waals surface area contributed by atoms with Gasteiger partial charge in [-0.3, -0.25) is 9.69 Å². The van der Waals surface area contributed by atoms with Gasteiger partial charge in [0, 0.05) is 26.2 Å². The molecule has 1 unspecified atom stereocenters. The average molecular weight is 311 g/mol. The van der Waals surface area contributed by atoms with E-state index in [0.717, 1.165) is 44.8 Å². The van der Waals surface area contributed by atoms with Crippen LogP contribution in [0.1, 0.15) is 38.4 Å². The van der Waals surface area contributed by atoms with Crippen molar-refractivity contribution in [3.63, 3.8) is 0 Å². The van der Waals surface area contributed by atoms with Crippen LogP contribution in [0.25, 0.3) is 0 Å². The van der Waals surface area contributed by atoms with E-state index in [-0.39, 0.29) is 12.1 Å². The fourth-order valence-electron chi connectivity index (χ4n) is 2.58. The topological polar surface area (TPSA) is 82.4 Å². The highest BCUT2D eigenvalue weighted by molar-refractivity contribution is 5.69. The highest BCUT2D eigenvalue weighted by Gasteiger charge is 2.21. The minimum Gasteiger partial charge on any atom is -0.469 e. The second kappa shape index (κ2) is 8.79. The summed E-state index contributed by atoms with van der Waals surface area (Å²) in [5, 5.41) is 11.9. The molecule has 8 heteroatoms. The standard InChI is InChI=1S/C14H25N5O3/c1-3-7-19-13(15-16-17-19)11-18(8-6-14(20)21-2)10-12-5-4-9-22-12/h12H,3-11H2,1-2H3. The Bertz CT molecular complexity index is 459. The molecule has 124 valence electrons. The summed E-state index contributed by atoms with van der Waals surface area (Å²) in [6, 6.07) is 0. The van der Waals surface area contributed by atoms with Gasteiger partial charge in [-0.1, -0.05) is 6.92 Å². The molecule has 1 saturated heterocycles. The van der Waals surface area contributed by atoms with E-state index in [1.165, 1.54) is 7.11 Å². The van der Waals surface area contributed by atoms with Gasteiger partial charge in [0.05, 0.1) is 26.2 Å². The van der Waals surface area contributed by atoms with Gasteiger partial charge in [-0.25, -0.2) is 4.68 Å². The Balaban J connectivity index is 1.95. The lowest BCUT2D eigenvalue weighted by Crippen LogP contribution is -2.34. The van der Waals surface area contributed by atoms with Crippen molar-refractivity contribution in [2.45, 2.75) is 51.8 Å². The molecule has 1 fully saturated rings. The normalized spacial score (nSPS) is 18.0. The first-order valence-electron chi connectivity index (χ1n) is 7.88. The van der Waals surface area contributed by atoms with Crippen molar-refractivity contribution < 1.29 is 14.3 Å². The Morgan fingerprint density at radius 3 is 3.09 bits per heavy atom. The quantitative estimate of drug-likeness (QED) is 0.618. The third-order valence-electron chi connectivity index (χ3n) is 3.75. The van der Waals surface area contributed by atoms with E-state index in [4.69, 9.17) is 9.47 Å². The Kier molecular flexibility index (Phi) is 6.73. The van der Waals surface area contributed by atoms with Crippen molar-refractivity contribution in [1.29, 1.82) is 0 Å². The number of tetrazole rings is 1. The highest BCUT2D eigenvalue weighted by atomic mass is 16.5. The summed E-state index contributed by atoms with van der Waals surface area (Å²) < 4.78 is 12.2. The number of rotatable bonds is 9. The van der Waals surface area contributed by atoms with Gasteiger partial charge in [0.1, 0.15) is 0 Å². The van der Waals surface area contributed by atoms with Crippen LogP contribution in [0.15, 0.2) is 0 Å². The van der Waals surface area contributed by atoms with Crippen molar-refractivity contribution in [2.24, 2.45) is 0 Å². The first-order chi connectivity index (χ1) is 10.7. The predicted octanol–water partition coefficient (Wildman–Crippen LogP) is 0.627. The molecule has 1 atom stereocenters. The Morgan fingerprint density at radius 1 is 1.55 bits per heavy atom. The lowest BCUT2D eigenvalue weighted by atomic mass is 10.2. The van der Waals surface area contributed by atoms with Crippen LogP contribution >= 0.6 is 0 Å². The SMILES string of the molecule is CCCn1nnnc1CN(CCC(=O)OC)CC1CCCO1. The van der Waals surface area contributed by atoms with Crippen LogP contribution in [0.3, 0.4) is 0 Å². The van der Waals surface area contributed by atoms with E-state index >= 15 is 0 Å². The molecule has 2 heterocycles. The first kappa shape index (κ1) is 16.8. The van der Waals surface area contributed by atoms with Gasteiger partial charge in [-0.15, -0.1) is 5.10 Å². The minimum absolute atomic E-state index is 0.203. The van der Waals surface area contributed by atoms with E-state index in [1.54, 1.807) is 0 Å². The number of esters is 1. The van der Waals surface area contributed by atoms with Gasteiger partial charge in [-0.05, 0) is 29.7 Å². The van der Waals surface area contributed by atoms with Gasteiger partial charge in [0.2, 0.25) is 0 Å². The van der Waals surface area contributed by atoms with Gasteiger partial charge < -0.3 is 9.47 Å². The van der Waals surface area contributed by atoms with Crippen molar-refractivity contribution in [2.75, 3.05) is 26.8 Å². The van der Waals surface area contributed by atoms with Crippen LogP contribution in [0.4, 0.5) is 0 Å². The van der Waals surface area contributed by atoms with Crippen LogP contribution in [-0.4, -0.2) is 64.0 Å². The molecule has 2 rings (SSSR count). The van der Waals surface area contributed by atoms with Crippen LogP contribution in [0, 0.1) is 0 Å². The maximum atomic E-state index is 11.4. The number of nitrogens with zero attached hydrogens (tertiary/aromatic N) is 5. The van der Waals surface area contributed by atoms with Crippen LogP contribution in [0.5, 0.6) is 0 Å². The molecule has 1 aromatic rings. The van der Waals surface area contributed by atoms with E-state index in [1.807, 2.05) is 4.68 Å². The molecule has 0 bridgehead atoms. The van der Waals surface area contributed by atoms with Gasteiger partial charge >= 0.3 is 5.97 Å². The second-order valence-corrected chi connectivity index (χ2v) is 5.51. The van der Waals surface area contributed by atoms with Gasteiger partial charge in [-0.2, -0.15) is 0 Å². The number of hydrogen-bond donors (Lipinski definition) is 0. The molecule has 1 aromatic heterocycles. The molecule has 0 aromatic carbocycles. The number of ether oxygens (including phenoxy) is 2. The summed E-state index contributed by atoms with van der Waals surface area (Å²) in [6.07, 6.45) is 3.73. The summed E-state index contributed by atoms with van der Waals surface area (Å²) in [5.74, 6) is 0.621. The van der Waals surface area contributed by atoms with E-state index < -0.39 is 0 Å². The maximum absolute atomic E-state index is 11.4. The smallest absolute Gasteiger partial charge is 0.306 e. The summed E-state index contributed by atoms with van der Waals surface area (Å²) in [4.78, 5) is 13.6. The lowest BCUT2D eigenvalue weighted by molar-refractivity contribution is -0.141. The molecule has 0 radical (unpaired) electrons. The molecular formula is C14H25N5O3. The van der Waals surface area contributed by atoms with Crippen LogP contribution < -0.4 is 0 Å². The van der Waals surface area contributed by atoms with Crippen molar-refractivity contribution in [3.8, 4) is 0 Å². The maximum Gasteiger partial charge on any atom is 0.306 e. The highest BCUT2D eigenvalue weighted by Crippen LogP contribution is 2.15. The molecule has 0 spiro atoms. The molecular weight excluding hydrogens is 286 g/mol. The Morgan fingerprint density at radius 2 is 2.41 bits per heavy atom. The molecule has 0 amide bonds. The summed E-state index contributed by atoms with van der Waals surface area (Å²) >= 11 is 0.